The van der Waals surface area contributed by atoms with Crippen LogP contribution in [0.2, 0.25) is 0 Å². The summed E-state index contributed by atoms with van der Waals surface area (Å²) in [7, 11) is 0. The van der Waals surface area contributed by atoms with Gasteiger partial charge in [-0.15, -0.1) is 11.3 Å². The zero-order valence-corrected chi connectivity index (χ0v) is 21.2. The lowest BCUT2D eigenvalue weighted by molar-refractivity contribution is -0.148. The summed E-state index contributed by atoms with van der Waals surface area (Å²) in [6, 6.07) is 14.1. The van der Waals surface area contributed by atoms with Crippen LogP contribution in [-0.2, 0) is 14.3 Å². The summed E-state index contributed by atoms with van der Waals surface area (Å²) in [4.78, 5) is 48.8. The number of carbonyl (C=O) groups is 3. The molecule has 1 atom stereocenters. The van der Waals surface area contributed by atoms with E-state index in [1.807, 2.05) is 31.2 Å². The molecule has 0 saturated carbocycles. The fourth-order valence-electron chi connectivity index (χ4n) is 4.92. The van der Waals surface area contributed by atoms with Crippen molar-refractivity contribution < 1.29 is 19.1 Å². The van der Waals surface area contributed by atoms with Crippen molar-refractivity contribution in [3.05, 3.63) is 48.0 Å². The average molecular weight is 507 g/mol. The van der Waals surface area contributed by atoms with Crippen molar-refractivity contribution in [1.82, 2.24) is 14.8 Å². The standard InChI is InChI=1S/C27H30N4O4S/c1-2-35-27(34)20-7-5-11-31(17-20)25-21(26(33)30-14-12-29(18-32)13-15-30)9-10-22(28-25)24-16-19-6-3-4-8-23(19)36-24/h3-4,6,8-10,16,18,20H,2,5,7,11-15,17H2,1H3. The van der Waals surface area contributed by atoms with Crippen molar-refractivity contribution in [1.29, 1.82) is 0 Å². The third kappa shape index (κ3) is 4.93. The highest BCUT2D eigenvalue weighted by atomic mass is 32.1. The van der Waals surface area contributed by atoms with Crippen LogP contribution in [0, 0.1) is 5.92 Å². The second kappa shape index (κ2) is 10.7. The molecule has 2 aliphatic heterocycles. The highest BCUT2D eigenvalue weighted by molar-refractivity contribution is 7.22. The molecular weight excluding hydrogens is 476 g/mol. The number of anilines is 1. The smallest absolute Gasteiger partial charge is 0.310 e. The zero-order chi connectivity index (χ0) is 25.1. The number of hydrogen-bond acceptors (Lipinski definition) is 7. The first-order chi connectivity index (χ1) is 17.6. The number of thiophene rings is 1. The number of nitrogens with zero attached hydrogens (tertiary/aromatic N) is 4. The van der Waals surface area contributed by atoms with Crippen molar-refractivity contribution in [2.24, 2.45) is 5.92 Å². The topological polar surface area (TPSA) is 83.1 Å². The summed E-state index contributed by atoms with van der Waals surface area (Å²) in [6.07, 6.45) is 2.42. The monoisotopic (exact) mass is 506 g/mol. The Morgan fingerprint density at radius 2 is 1.92 bits per heavy atom. The fourth-order valence-corrected chi connectivity index (χ4v) is 5.96. The molecule has 2 aliphatic rings. The van der Waals surface area contributed by atoms with E-state index in [-0.39, 0.29) is 17.8 Å². The lowest BCUT2D eigenvalue weighted by atomic mass is 9.97. The van der Waals surface area contributed by atoms with Gasteiger partial charge in [0, 0.05) is 44.0 Å². The summed E-state index contributed by atoms with van der Waals surface area (Å²) in [6.45, 7) is 5.38. The van der Waals surface area contributed by atoms with Crippen LogP contribution in [0.25, 0.3) is 20.7 Å². The molecule has 2 amide bonds. The van der Waals surface area contributed by atoms with Gasteiger partial charge in [-0.25, -0.2) is 4.98 Å². The van der Waals surface area contributed by atoms with Gasteiger partial charge in [-0.1, -0.05) is 18.2 Å². The zero-order valence-electron chi connectivity index (χ0n) is 20.4. The van der Waals surface area contributed by atoms with Crippen LogP contribution in [0.4, 0.5) is 5.82 Å². The normalized spacial score (nSPS) is 18.4. The first-order valence-corrected chi connectivity index (χ1v) is 13.3. The molecule has 0 spiro atoms. The third-order valence-corrected chi connectivity index (χ3v) is 8.01. The Morgan fingerprint density at radius 1 is 1.11 bits per heavy atom. The molecule has 8 nitrogen and oxygen atoms in total. The summed E-state index contributed by atoms with van der Waals surface area (Å²) >= 11 is 1.67. The largest absolute Gasteiger partial charge is 0.466 e. The molecule has 188 valence electrons. The highest BCUT2D eigenvalue weighted by Gasteiger charge is 2.31. The van der Waals surface area contributed by atoms with Gasteiger partial charge >= 0.3 is 5.97 Å². The maximum atomic E-state index is 13.6. The Morgan fingerprint density at radius 3 is 2.67 bits per heavy atom. The second-order valence-corrected chi connectivity index (χ2v) is 10.3. The van der Waals surface area contributed by atoms with Gasteiger partial charge < -0.3 is 19.4 Å². The van der Waals surface area contributed by atoms with Gasteiger partial charge in [0.25, 0.3) is 5.91 Å². The Kier molecular flexibility index (Phi) is 7.18. The van der Waals surface area contributed by atoms with Crippen LogP contribution in [0.1, 0.15) is 30.1 Å². The van der Waals surface area contributed by atoms with Gasteiger partial charge in [-0.05, 0) is 49.4 Å². The van der Waals surface area contributed by atoms with Crippen LogP contribution >= 0.6 is 11.3 Å². The number of piperazine rings is 1. The van der Waals surface area contributed by atoms with Crippen LogP contribution in [0.5, 0.6) is 0 Å². The molecule has 3 aromatic rings. The van der Waals surface area contributed by atoms with E-state index in [1.54, 1.807) is 21.1 Å². The van der Waals surface area contributed by atoms with E-state index in [9.17, 15) is 14.4 Å². The first-order valence-electron chi connectivity index (χ1n) is 12.5. The molecule has 0 bridgehead atoms. The molecule has 5 rings (SSSR count). The van der Waals surface area contributed by atoms with Crippen molar-refractivity contribution in [3.8, 4) is 10.6 Å². The lowest BCUT2D eigenvalue weighted by Gasteiger charge is -2.36. The molecule has 1 aromatic carbocycles. The van der Waals surface area contributed by atoms with Crippen LogP contribution in [0.15, 0.2) is 42.5 Å². The summed E-state index contributed by atoms with van der Waals surface area (Å²) in [5.41, 5.74) is 1.34. The molecule has 0 aliphatic carbocycles. The summed E-state index contributed by atoms with van der Waals surface area (Å²) < 4.78 is 6.48. The van der Waals surface area contributed by atoms with E-state index in [1.165, 1.54) is 4.70 Å². The van der Waals surface area contributed by atoms with E-state index >= 15 is 0 Å². The Bertz CT molecular complexity index is 1230. The molecule has 0 N–H and O–H groups in total. The third-order valence-electron chi connectivity index (χ3n) is 6.87. The number of benzene rings is 1. The summed E-state index contributed by atoms with van der Waals surface area (Å²) in [5.74, 6) is 0.0827. The molecule has 1 unspecified atom stereocenters. The molecule has 2 saturated heterocycles. The Hall–Kier alpha value is -3.46. The average Bonchev–Trinajstić information content (AvgIpc) is 3.37. The van der Waals surface area contributed by atoms with E-state index < -0.39 is 0 Å². The van der Waals surface area contributed by atoms with Gasteiger partial charge in [0.1, 0.15) is 5.82 Å². The van der Waals surface area contributed by atoms with E-state index in [2.05, 4.69) is 23.1 Å². The fraction of sp³-hybridized carbons (Fsp3) is 0.407. The van der Waals surface area contributed by atoms with Gasteiger partial charge in [0.2, 0.25) is 6.41 Å². The minimum Gasteiger partial charge on any atom is -0.466 e. The number of hydrogen-bond donors (Lipinski definition) is 0. The predicted molar refractivity (Wildman–Crippen MR) is 140 cm³/mol. The van der Waals surface area contributed by atoms with Crippen LogP contribution in [-0.4, -0.2) is 78.9 Å². The second-order valence-electron chi connectivity index (χ2n) is 9.19. The quantitative estimate of drug-likeness (QED) is 0.375. The number of rotatable bonds is 6. The van der Waals surface area contributed by atoms with Gasteiger partial charge in [-0.2, -0.15) is 0 Å². The van der Waals surface area contributed by atoms with Crippen molar-refractivity contribution >= 4 is 45.5 Å². The van der Waals surface area contributed by atoms with Crippen molar-refractivity contribution in [3.63, 3.8) is 0 Å². The van der Waals surface area contributed by atoms with Gasteiger partial charge in [-0.3, -0.25) is 14.4 Å². The molecule has 4 heterocycles. The maximum Gasteiger partial charge on any atom is 0.310 e. The molecule has 2 aromatic heterocycles. The van der Waals surface area contributed by atoms with Gasteiger partial charge in [0.05, 0.1) is 28.7 Å². The van der Waals surface area contributed by atoms with Gasteiger partial charge in [0.15, 0.2) is 0 Å². The first kappa shape index (κ1) is 24.2. The Labute approximate surface area is 214 Å². The predicted octanol–water partition coefficient (Wildman–Crippen LogP) is 3.66. The molecule has 36 heavy (non-hydrogen) atoms. The number of carbonyl (C=O) groups excluding carboxylic acids is 3. The SMILES string of the molecule is CCOC(=O)C1CCCN(c2nc(-c3cc4ccccc4s3)ccc2C(=O)N2CCN(C=O)CC2)C1. The minimum absolute atomic E-state index is 0.0933. The number of aromatic nitrogens is 1. The van der Waals surface area contributed by atoms with E-state index in [0.717, 1.165) is 41.8 Å². The number of piperidine rings is 1. The minimum atomic E-state index is -0.243. The number of amides is 2. The van der Waals surface area contributed by atoms with Crippen LogP contribution < -0.4 is 4.90 Å². The molecule has 9 heteroatoms. The van der Waals surface area contributed by atoms with Crippen molar-refractivity contribution in [2.45, 2.75) is 19.8 Å². The number of ether oxygens (including phenoxy) is 1. The number of pyridine rings is 1. The van der Waals surface area contributed by atoms with Crippen molar-refractivity contribution in [2.75, 3.05) is 50.8 Å². The number of esters is 1. The molecule has 0 radical (unpaired) electrons. The van der Waals surface area contributed by atoms with Crippen LogP contribution in [0.3, 0.4) is 0 Å². The Balaban J connectivity index is 1.49. The maximum absolute atomic E-state index is 13.6. The number of fused-ring (bicyclic) bond motifs is 1. The molecular formula is C27H30N4O4S. The molecule has 2 fully saturated rings. The summed E-state index contributed by atoms with van der Waals surface area (Å²) in [5, 5.41) is 1.16. The highest BCUT2D eigenvalue weighted by Crippen LogP contribution is 2.35. The lowest BCUT2D eigenvalue weighted by Crippen LogP contribution is -2.48. The van der Waals surface area contributed by atoms with E-state index in [0.29, 0.717) is 50.7 Å². The van der Waals surface area contributed by atoms with E-state index in [4.69, 9.17) is 9.72 Å².